The van der Waals surface area contributed by atoms with Gasteiger partial charge in [0.1, 0.15) is 0 Å². The standard InChI is InChI=1S/C22H36/c1-13-14(2)20-12-16-10-18-8-7-17(21(18,3)4)9-15(16)11-19(13)22(20,5)6/h7-8,13-20H,9-12H2,1-6H3. The minimum absolute atomic E-state index is 0.526. The van der Waals surface area contributed by atoms with Crippen LogP contribution in [0, 0.1) is 58.2 Å². The summed E-state index contributed by atoms with van der Waals surface area (Å²) in [4.78, 5) is 0. The normalized spacial score (nSPS) is 54.6. The van der Waals surface area contributed by atoms with Crippen LogP contribution in [0.15, 0.2) is 12.2 Å². The Kier molecular flexibility index (Phi) is 3.22. The molecule has 3 saturated carbocycles. The summed E-state index contributed by atoms with van der Waals surface area (Å²) in [5.41, 5.74) is 1.10. The first-order valence-corrected chi connectivity index (χ1v) is 9.91. The molecule has 4 aliphatic rings. The quantitative estimate of drug-likeness (QED) is 0.469. The van der Waals surface area contributed by atoms with Gasteiger partial charge in [0, 0.05) is 0 Å². The summed E-state index contributed by atoms with van der Waals surface area (Å²) in [5, 5.41) is 0. The molecule has 8 atom stereocenters. The van der Waals surface area contributed by atoms with Gasteiger partial charge in [-0.25, -0.2) is 0 Å². The lowest BCUT2D eigenvalue weighted by molar-refractivity contribution is 0.151. The molecule has 4 bridgehead atoms. The lowest BCUT2D eigenvalue weighted by Gasteiger charge is -2.34. The molecule has 0 N–H and O–H groups in total. The summed E-state index contributed by atoms with van der Waals surface area (Å²) in [7, 11) is 0. The second-order valence-electron chi connectivity index (χ2n) is 10.6. The van der Waals surface area contributed by atoms with Crippen LogP contribution in [0.5, 0.6) is 0 Å². The molecule has 4 aliphatic carbocycles. The predicted molar refractivity (Wildman–Crippen MR) is 94.4 cm³/mol. The largest absolute Gasteiger partial charge is 0.0846 e. The molecular formula is C22H36. The van der Waals surface area contributed by atoms with E-state index < -0.39 is 0 Å². The van der Waals surface area contributed by atoms with E-state index in [0.717, 1.165) is 47.3 Å². The summed E-state index contributed by atoms with van der Waals surface area (Å²) in [6, 6.07) is 0. The molecule has 0 radical (unpaired) electrons. The van der Waals surface area contributed by atoms with E-state index in [-0.39, 0.29) is 0 Å². The first-order chi connectivity index (χ1) is 10.2. The van der Waals surface area contributed by atoms with Crippen molar-refractivity contribution in [2.45, 2.75) is 67.2 Å². The highest BCUT2D eigenvalue weighted by Gasteiger charge is 2.57. The maximum atomic E-state index is 2.60. The molecule has 0 aliphatic heterocycles. The van der Waals surface area contributed by atoms with Crippen LogP contribution >= 0.6 is 0 Å². The monoisotopic (exact) mass is 300 g/mol. The average Bonchev–Trinajstić information content (AvgIpc) is 2.66. The number of rotatable bonds is 0. The average molecular weight is 301 g/mol. The molecule has 0 heterocycles. The summed E-state index contributed by atoms with van der Waals surface area (Å²) >= 11 is 0. The molecule has 0 heteroatoms. The zero-order chi connectivity index (χ0) is 15.9. The van der Waals surface area contributed by atoms with Crippen molar-refractivity contribution in [2.75, 3.05) is 0 Å². The van der Waals surface area contributed by atoms with E-state index in [1.807, 2.05) is 0 Å². The van der Waals surface area contributed by atoms with Gasteiger partial charge in [-0.2, -0.15) is 0 Å². The fourth-order valence-corrected chi connectivity index (χ4v) is 7.47. The van der Waals surface area contributed by atoms with Gasteiger partial charge in [-0.05, 0) is 83.9 Å². The van der Waals surface area contributed by atoms with Crippen LogP contribution in [0.25, 0.3) is 0 Å². The van der Waals surface area contributed by atoms with Crippen molar-refractivity contribution in [2.24, 2.45) is 58.2 Å². The zero-order valence-corrected chi connectivity index (χ0v) is 15.6. The lowest BCUT2D eigenvalue weighted by Crippen LogP contribution is -2.27. The Morgan fingerprint density at radius 2 is 1.05 bits per heavy atom. The SMILES string of the molecule is CC1C(C)C2CC3CC4C=CC(CC3CC1C2(C)C)C4(C)C. The van der Waals surface area contributed by atoms with Gasteiger partial charge in [0.25, 0.3) is 0 Å². The van der Waals surface area contributed by atoms with Crippen LogP contribution in [0.1, 0.15) is 67.2 Å². The van der Waals surface area contributed by atoms with Gasteiger partial charge in [0.15, 0.2) is 0 Å². The smallest absolute Gasteiger partial charge is 0.0174 e. The van der Waals surface area contributed by atoms with Crippen molar-refractivity contribution >= 4 is 0 Å². The summed E-state index contributed by atoms with van der Waals surface area (Å²) in [6.45, 7) is 15.4. The number of hydrogen-bond donors (Lipinski definition) is 0. The van der Waals surface area contributed by atoms with E-state index in [0.29, 0.717) is 10.8 Å². The number of allylic oxidation sites excluding steroid dienone is 2. The molecular weight excluding hydrogens is 264 g/mol. The molecule has 3 fully saturated rings. The van der Waals surface area contributed by atoms with Gasteiger partial charge >= 0.3 is 0 Å². The second kappa shape index (κ2) is 4.64. The highest BCUT2D eigenvalue weighted by atomic mass is 14.6. The zero-order valence-electron chi connectivity index (χ0n) is 15.6. The van der Waals surface area contributed by atoms with Crippen molar-refractivity contribution in [1.82, 2.24) is 0 Å². The number of fused-ring (bicyclic) bond motifs is 5. The van der Waals surface area contributed by atoms with Gasteiger partial charge in [-0.1, -0.05) is 53.7 Å². The lowest BCUT2D eigenvalue weighted by atomic mass is 9.70. The summed E-state index contributed by atoms with van der Waals surface area (Å²) < 4.78 is 0. The van der Waals surface area contributed by atoms with Crippen molar-refractivity contribution in [1.29, 1.82) is 0 Å². The Morgan fingerprint density at radius 1 is 0.636 bits per heavy atom. The topological polar surface area (TPSA) is 0 Å². The molecule has 0 aromatic heterocycles. The Morgan fingerprint density at radius 3 is 1.45 bits per heavy atom. The fourth-order valence-electron chi connectivity index (χ4n) is 7.47. The van der Waals surface area contributed by atoms with E-state index in [1.54, 1.807) is 0 Å². The highest BCUT2D eigenvalue weighted by Crippen LogP contribution is 2.64. The Balaban J connectivity index is 1.67. The molecule has 0 saturated heterocycles. The van der Waals surface area contributed by atoms with Crippen LogP contribution in [0.4, 0.5) is 0 Å². The maximum Gasteiger partial charge on any atom is -0.0174 e. The predicted octanol–water partition coefficient (Wildman–Crippen LogP) is 6.18. The van der Waals surface area contributed by atoms with Crippen molar-refractivity contribution < 1.29 is 0 Å². The van der Waals surface area contributed by atoms with Crippen molar-refractivity contribution in [3.63, 3.8) is 0 Å². The Bertz CT molecular complexity index is 442. The van der Waals surface area contributed by atoms with Crippen molar-refractivity contribution in [3.8, 4) is 0 Å². The third-order valence-corrected chi connectivity index (χ3v) is 9.39. The van der Waals surface area contributed by atoms with E-state index in [4.69, 9.17) is 0 Å². The minimum atomic E-state index is 0.526. The van der Waals surface area contributed by atoms with Crippen LogP contribution in [0.2, 0.25) is 0 Å². The van der Waals surface area contributed by atoms with Crippen LogP contribution in [-0.4, -0.2) is 0 Å². The van der Waals surface area contributed by atoms with Gasteiger partial charge in [-0.15, -0.1) is 0 Å². The van der Waals surface area contributed by atoms with E-state index in [9.17, 15) is 0 Å². The molecule has 0 spiro atoms. The Hall–Kier alpha value is -0.260. The van der Waals surface area contributed by atoms with Gasteiger partial charge < -0.3 is 0 Å². The van der Waals surface area contributed by atoms with Gasteiger partial charge in [-0.3, -0.25) is 0 Å². The van der Waals surface area contributed by atoms with Crippen LogP contribution in [0.3, 0.4) is 0 Å². The molecule has 0 aromatic carbocycles. The maximum absolute atomic E-state index is 2.60. The molecule has 4 rings (SSSR count). The molecule has 22 heavy (non-hydrogen) atoms. The van der Waals surface area contributed by atoms with Crippen LogP contribution < -0.4 is 0 Å². The molecule has 0 amide bonds. The first kappa shape index (κ1) is 15.3. The fraction of sp³-hybridized carbons (Fsp3) is 0.909. The van der Waals surface area contributed by atoms with Gasteiger partial charge in [0.05, 0.1) is 0 Å². The third-order valence-electron chi connectivity index (χ3n) is 9.39. The molecule has 0 nitrogen and oxygen atoms in total. The molecule has 0 aromatic rings. The third kappa shape index (κ3) is 1.88. The summed E-state index contributed by atoms with van der Waals surface area (Å²) in [6.07, 6.45) is 11.2. The second-order valence-corrected chi connectivity index (χ2v) is 10.6. The first-order valence-electron chi connectivity index (χ1n) is 9.91. The molecule has 124 valence electrons. The highest BCUT2D eigenvalue weighted by molar-refractivity contribution is 5.15. The van der Waals surface area contributed by atoms with Gasteiger partial charge in [0.2, 0.25) is 0 Å². The van der Waals surface area contributed by atoms with E-state index in [2.05, 4.69) is 53.7 Å². The number of hydrogen-bond acceptors (Lipinski definition) is 0. The van der Waals surface area contributed by atoms with Crippen LogP contribution in [-0.2, 0) is 0 Å². The van der Waals surface area contributed by atoms with E-state index in [1.165, 1.54) is 25.7 Å². The summed E-state index contributed by atoms with van der Waals surface area (Å²) in [5.74, 6) is 7.50. The van der Waals surface area contributed by atoms with E-state index >= 15 is 0 Å². The molecule has 8 unspecified atom stereocenters. The minimum Gasteiger partial charge on any atom is -0.0846 e. The van der Waals surface area contributed by atoms with Crippen molar-refractivity contribution in [3.05, 3.63) is 12.2 Å². The Labute approximate surface area is 138 Å².